The molecule has 0 radical (unpaired) electrons. The molecule has 0 aromatic heterocycles. The van der Waals surface area contributed by atoms with Crippen LogP contribution in [0.2, 0.25) is 5.02 Å². The van der Waals surface area contributed by atoms with Gasteiger partial charge in [0.2, 0.25) is 0 Å². The molecule has 1 aromatic carbocycles. The standard InChI is InChI=1S/C22H30ClNO3/c1-21(2)14-16-12-17(23)13-18(20(16)27-21)24-9-7-22(8-10-24)5-3-15(4-6-22)11-19(25)26/h12-13,15H,3-11,14H2,1-2H3,(H,25,26). The number of benzene rings is 1. The fourth-order valence-corrected chi connectivity index (χ4v) is 5.59. The number of anilines is 1. The van der Waals surface area contributed by atoms with Gasteiger partial charge in [-0.25, -0.2) is 0 Å². The summed E-state index contributed by atoms with van der Waals surface area (Å²) in [5.41, 5.74) is 2.61. The lowest BCUT2D eigenvalue weighted by atomic mass is 9.65. The molecule has 4 rings (SSSR count). The topological polar surface area (TPSA) is 49.8 Å². The van der Waals surface area contributed by atoms with Crippen molar-refractivity contribution in [3.63, 3.8) is 0 Å². The number of piperidine rings is 1. The summed E-state index contributed by atoms with van der Waals surface area (Å²) in [7, 11) is 0. The van der Waals surface area contributed by atoms with E-state index in [0.29, 0.717) is 17.8 Å². The van der Waals surface area contributed by atoms with Crippen molar-refractivity contribution in [3.05, 3.63) is 22.7 Å². The van der Waals surface area contributed by atoms with Crippen molar-refractivity contribution >= 4 is 23.3 Å². The largest absolute Gasteiger partial charge is 0.485 e. The van der Waals surface area contributed by atoms with Crippen LogP contribution in [0.15, 0.2) is 12.1 Å². The smallest absolute Gasteiger partial charge is 0.303 e. The molecule has 148 valence electrons. The number of hydrogen-bond acceptors (Lipinski definition) is 3. The van der Waals surface area contributed by atoms with Gasteiger partial charge in [0, 0.05) is 36.5 Å². The molecule has 2 heterocycles. The molecule has 1 spiro atoms. The number of fused-ring (bicyclic) bond motifs is 1. The van der Waals surface area contributed by atoms with Gasteiger partial charge >= 0.3 is 5.97 Å². The summed E-state index contributed by atoms with van der Waals surface area (Å²) in [6.07, 6.45) is 8.08. The average Bonchev–Trinajstić information content (AvgIpc) is 2.91. The molecule has 5 heteroatoms. The minimum Gasteiger partial charge on any atom is -0.485 e. The van der Waals surface area contributed by atoms with Crippen LogP contribution in [0.3, 0.4) is 0 Å². The zero-order valence-electron chi connectivity index (χ0n) is 16.4. The van der Waals surface area contributed by atoms with Crippen LogP contribution in [-0.4, -0.2) is 29.8 Å². The van der Waals surface area contributed by atoms with Gasteiger partial charge in [-0.15, -0.1) is 0 Å². The average molecular weight is 392 g/mol. The van der Waals surface area contributed by atoms with Crippen LogP contribution in [0.25, 0.3) is 0 Å². The number of carboxylic acids is 1. The predicted molar refractivity (Wildman–Crippen MR) is 108 cm³/mol. The highest BCUT2D eigenvalue weighted by Gasteiger charge is 2.40. The van der Waals surface area contributed by atoms with Crippen molar-refractivity contribution in [2.75, 3.05) is 18.0 Å². The van der Waals surface area contributed by atoms with Crippen molar-refractivity contribution in [3.8, 4) is 5.75 Å². The number of halogens is 1. The molecule has 0 atom stereocenters. The van der Waals surface area contributed by atoms with E-state index >= 15 is 0 Å². The maximum atomic E-state index is 11.0. The summed E-state index contributed by atoms with van der Waals surface area (Å²) in [5.74, 6) is 0.743. The van der Waals surface area contributed by atoms with Crippen LogP contribution in [0.5, 0.6) is 5.75 Å². The third-order valence-corrected chi connectivity index (χ3v) is 7.12. The Morgan fingerprint density at radius 3 is 2.52 bits per heavy atom. The third kappa shape index (κ3) is 3.91. The fraction of sp³-hybridized carbons (Fsp3) is 0.682. The second-order valence-corrected chi connectivity index (χ2v) is 9.92. The number of hydrogen-bond donors (Lipinski definition) is 1. The van der Waals surface area contributed by atoms with E-state index in [2.05, 4.69) is 24.8 Å². The quantitative estimate of drug-likeness (QED) is 0.759. The second kappa shape index (κ2) is 6.88. The number of ether oxygens (including phenoxy) is 1. The normalized spacial score (nSPS) is 23.9. The predicted octanol–water partition coefficient (Wildman–Crippen LogP) is 5.31. The lowest BCUT2D eigenvalue weighted by Gasteiger charge is -2.46. The van der Waals surface area contributed by atoms with Crippen LogP contribution < -0.4 is 9.64 Å². The Balaban J connectivity index is 1.43. The molecule has 27 heavy (non-hydrogen) atoms. The van der Waals surface area contributed by atoms with E-state index in [1.807, 2.05) is 6.07 Å². The van der Waals surface area contributed by atoms with Crippen molar-refractivity contribution in [1.82, 2.24) is 0 Å². The SMILES string of the molecule is CC1(C)Cc2cc(Cl)cc(N3CCC4(CCC(CC(=O)O)CC4)CC3)c2O1. The first-order chi connectivity index (χ1) is 12.8. The van der Waals surface area contributed by atoms with Gasteiger partial charge in [-0.05, 0) is 75.8 Å². The summed E-state index contributed by atoms with van der Waals surface area (Å²) in [5, 5.41) is 9.83. The van der Waals surface area contributed by atoms with Crippen LogP contribution >= 0.6 is 11.6 Å². The summed E-state index contributed by atoms with van der Waals surface area (Å²) < 4.78 is 6.27. The van der Waals surface area contributed by atoms with Gasteiger partial charge in [-0.2, -0.15) is 0 Å². The molecule has 1 aromatic rings. The second-order valence-electron chi connectivity index (χ2n) is 9.48. The molecular weight excluding hydrogens is 362 g/mol. The highest BCUT2D eigenvalue weighted by Crippen LogP contribution is 2.50. The van der Waals surface area contributed by atoms with E-state index in [4.69, 9.17) is 21.4 Å². The first-order valence-electron chi connectivity index (χ1n) is 10.2. The number of nitrogens with zero attached hydrogens (tertiary/aromatic N) is 1. The van der Waals surface area contributed by atoms with Crippen LogP contribution in [0.4, 0.5) is 5.69 Å². The van der Waals surface area contributed by atoms with E-state index in [9.17, 15) is 4.79 Å². The summed E-state index contributed by atoms with van der Waals surface area (Å²) >= 11 is 6.41. The zero-order valence-corrected chi connectivity index (χ0v) is 17.1. The maximum Gasteiger partial charge on any atom is 0.303 e. The molecule has 1 aliphatic carbocycles. The minimum absolute atomic E-state index is 0.165. The van der Waals surface area contributed by atoms with Gasteiger partial charge < -0.3 is 14.7 Å². The van der Waals surface area contributed by atoms with E-state index in [1.54, 1.807) is 0 Å². The van der Waals surface area contributed by atoms with Gasteiger partial charge in [0.15, 0.2) is 0 Å². The molecule has 2 aliphatic heterocycles. The molecule has 4 nitrogen and oxygen atoms in total. The van der Waals surface area contributed by atoms with Gasteiger partial charge in [-0.1, -0.05) is 11.6 Å². The third-order valence-electron chi connectivity index (χ3n) is 6.90. The monoisotopic (exact) mass is 391 g/mol. The highest BCUT2D eigenvalue weighted by molar-refractivity contribution is 6.31. The molecule has 0 amide bonds. The molecule has 1 saturated heterocycles. The van der Waals surface area contributed by atoms with Crippen molar-refractivity contribution < 1.29 is 14.6 Å². The maximum absolute atomic E-state index is 11.0. The molecule has 1 saturated carbocycles. The molecule has 2 fully saturated rings. The number of carboxylic acid groups (broad SMARTS) is 1. The lowest BCUT2D eigenvalue weighted by molar-refractivity contribution is -0.138. The van der Waals surface area contributed by atoms with Gasteiger partial charge in [-0.3, -0.25) is 4.79 Å². The minimum atomic E-state index is -0.650. The first kappa shape index (κ1) is 18.9. The number of rotatable bonds is 3. The van der Waals surface area contributed by atoms with Gasteiger partial charge in [0.25, 0.3) is 0 Å². The number of carbonyl (C=O) groups is 1. The van der Waals surface area contributed by atoms with Crippen molar-refractivity contribution in [2.45, 2.75) is 70.8 Å². The summed E-state index contributed by atoms with van der Waals surface area (Å²) in [4.78, 5) is 13.4. The Bertz CT molecular complexity index is 727. The van der Waals surface area contributed by atoms with E-state index in [0.717, 1.165) is 48.8 Å². The molecular formula is C22H30ClNO3. The Labute approximate surface area is 166 Å². The summed E-state index contributed by atoms with van der Waals surface area (Å²) in [6.45, 7) is 6.32. The van der Waals surface area contributed by atoms with Gasteiger partial charge in [0.1, 0.15) is 11.4 Å². The first-order valence-corrected chi connectivity index (χ1v) is 10.6. The van der Waals surface area contributed by atoms with Gasteiger partial charge in [0.05, 0.1) is 5.69 Å². The van der Waals surface area contributed by atoms with E-state index in [1.165, 1.54) is 31.2 Å². The Hall–Kier alpha value is -1.42. The molecule has 0 unspecified atom stereocenters. The molecule has 0 bridgehead atoms. The van der Waals surface area contributed by atoms with Crippen molar-refractivity contribution in [2.24, 2.45) is 11.3 Å². The van der Waals surface area contributed by atoms with E-state index < -0.39 is 5.97 Å². The highest BCUT2D eigenvalue weighted by atomic mass is 35.5. The van der Waals surface area contributed by atoms with E-state index in [-0.39, 0.29) is 5.60 Å². The Kier molecular flexibility index (Phi) is 4.82. The van der Waals surface area contributed by atoms with Crippen molar-refractivity contribution in [1.29, 1.82) is 0 Å². The Morgan fingerprint density at radius 1 is 1.22 bits per heavy atom. The van der Waals surface area contributed by atoms with Crippen LogP contribution in [0.1, 0.15) is 64.4 Å². The fourth-order valence-electron chi connectivity index (χ4n) is 5.35. The Morgan fingerprint density at radius 2 is 1.89 bits per heavy atom. The summed E-state index contributed by atoms with van der Waals surface area (Å²) in [6, 6.07) is 4.11. The zero-order chi connectivity index (χ0) is 19.2. The van der Waals surface area contributed by atoms with Crippen LogP contribution in [-0.2, 0) is 11.2 Å². The van der Waals surface area contributed by atoms with Crippen LogP contribution in [0, 0.1) is 11.3 Å². The number of aliphatic carboxylic acids is 1. The molecule has 1 N–H and O–H groups in total. The molecule has 3 aliphatic rings. The lowest BCUT2D eigenvalue weighted by Crippen LogP contribution is -2.42.